The second-order valence-electron chi connectivity index (χ2n) is 5.34. The number of hydrogen-bond acceptors (Lipinski definition) is 7. The van der Waals surface area contributed by atoms with Crippen LogP contribution in [0.1, 0.15) is 16.1 Å². The first-order chi connectivity index (χ1) is 12.6. The van der Waals surface area contributed by atoms with Gasteiger partial charge in [-0.2, -0.15) is 0 Å². The maximum Gasteiger partial charge on any atom is 0.274 e. The molecule has 3 heterocycles. The highest BCUT2D eigenvalue weighted by molar-refractivity contribution is 6.03. The summed E-state index contributed by atoms with van der Waals surface area (Å²) in [7, 11) is 3.09. The number of nitrogens with zero attached hydrogens (tertiary/aromatic N) is 4. The molecule has 0 saturated heterocycles. The molecule has 0 atom stereocenters. The van der Waals surface area contributed by atoms with Gasteiger partial charge in [-0.1, -0.05) is 0 Å². The summed E-state index contributed by atoms with van der Waals surface area (Å²) < 4.78 is 10.3. The van der Waals surface area contributed by atoms with Gasteiger partial charge in [0.2, 0.25) is 5.88 Å². The smallest absolute Gasteiger partial charge is 0.274 e. The molecule has 0 aliphatic carbocycles. The Balaban J connectivity index is 1.87. The second kappa shape index (κ2) is 7.56. The minimum atomic E-state index is -0.368. The fourth-order valence-corrected chi connectivity index (χ4v) is 2.34. The van der Waals surface area contributed by atoms with Gasteiger partial charge in [-0.3, -0.25) is 9.78 Å². The van der Waals surface area contributed by atoms with Crippen LogP contribution >= 0.6 is 0 Å². The van der Waals surface area contributed by atoms with Gasteiger partial charge in [-0.25, -0.2) is 15.0 Å². The predicted molar refractivity (Wildman–Crippen MR) is 95.3 cm³/mol. The summed E-state index contributed by atoms with van der Waals surface area (Å²) in [6, 6.07) is 5.12. The average molecular weight is 351 g/mol. The molecule has 8 heteroatoms. The van der Waals surface area contributed by atoms with Gasteiger partial charge in [-0.15, -0.1) is 0 Å². The fourth-order valence-electron chi connectivity index (χ4n) is 2.34. The van der Waals surface area contributed by atoms with E-state index in [-0.39, 0.29) is 11.6 Å². The molecule has 1 N–H and O–H groups in total. The van der Waals surface area contributed by atoms with Crippen molar-refractivity contribution in [2.75, 3.05) is 19.5 Å². The third-order valence-electron chi connectivity index (χ3n) is 3.78. The Hall–Kier alpha value is -3.55. The summed E-state index contributed by atoms with van der Waals surface area (Å²) >= 11 is 0. The van der Waals surface area contributed by atoms with E-state index in [4.69, 9.17) is 9.47 Å². The van der Waals surface area contributed by atoms with Crippen LogP contribution in [0.2, 0.25) is 0 Å². The highest BCUT2D eigenvalue weighted by Crippen LogP contribution is 2.24. The Labute approximate surface area is 150 Å². The Bertz CT molecular complexity index is 946. The Kier molecular flexibility index (Phi) is 5.02. The Morgan fingerprint density at radius 3 is 2.69 bits per heavy atom. The van der Waals surface area contributed by atoms with E-state index in [1.807, 2.05) is 6.92 Å². The molecule has 3 rings (SSSR count). The van der Waals surface area contributed by atoms with Crippen molar-refractivity contribution in [1.29, 1.82) is 0 Å². The van der Waals surface area contributed by atoms with Crippen LogP contribution < -0.4 is 14.8 Å². The molecule has 0 fully saturated rings. The highest BCUT2D eigenvalue weighted by Gasteiger charge is 2.13. The van der Waals surface area contributed by atoms with E-state index in [1.165, 1.54) is 13.4 Å². The lowest BCUT2D eigenvalue weighted by Crippen LogP contribution is -2.15. The predicted octanol–water partition coefficient (Wildman–Crippen LogP) is 2.51. The van der Waals surface area contributed by atoms with Crippen molar-refractivity contribution in [3.63, 3.8) is 0 Å². The molecule has 0 aliphatic rings. The lowest BCUT2D eigenvalue weighted by Gasteiger charge is -2.11. The molecule has 0 aromatic carbocycles. The first-order valence-corrected chi connectivity index (χ1v) is 7.74. The van der Waals surface area contributed by atoms with Crippen molar-refractivity contribution in [3.8, 4) is 22.9 Å². The van der Waals surface area contributed by atoms with Crippen molar-refractivity contribution < 1.29 is 14.3 Å². The minimum absolute atomic E-state index is 0.230. The molecule has 132 valence electrons. The molecular weight excluding hydrogens is 334 g/mol. The van der Waals surface area contributed by atoms with Crippen LogP contribution in [0, 0.1) is 6.92 Å². The van der Waals surface area contributed by atoms with Crippen LogP contribution in [0.5, 0.6) is 11.6 Å². The summed E-state index contributed by atoms with van der Waals surface area (Å²) in [5.41, 5.74) is 2.93. The van der Waals surface area contributed by atoms with Gasteiger partial charge >= 0.3 is 0 Å². The van der Waals surface area contributed by atoms with E-state index in [0.717, 1.165) is 11.1 Å². The number of hydrogen-bond donors (Lipinski definition) is 1. The number of ether oxygens (including phenoxy) is 2. The first kappa shape index (κ1) is 17.3. The number of rotatable bonds is 5. The molecular formula is C18H17N5O3. The SMILES string of the molecule is COc1cc(-c2cc(C(=O)Nc3cncc(OC)c3C)ncn2)ccn1. The van der Waals surface area contributed by atoms with E-state index in [0.29, 0.717) is 23.0 Å². The first-order valence-electron chi connectivity index (χ1n) is 7.74. The summed E-state index contributed by atoms with van der Waals surface area (Å²) in [5.74, 6) is 0.688. The number of aromatic nitrogens is 4. The van der Waals surface area contributed by atoms with Crippen LogP contribution in [0.4, 0.5) is 5.69 Å². The van der Waals surface area contributed by atoms with Gasteiger partial charge in [0, 0.05) is 23.4 Å². The minimum Gasteiger partial charge on any atom is -0.495 e. The summed E-state index contributed by atoms with van der Waals surface area (Å²) in [5, 5.41) is 2.79. The van der Waals surface area contributed by atoms with Crippen molar-refractivity contribution in [2.45, 2.75) is 6.92 Å². The molecule has 0 bridgehead atoms. The van der Waals surface area contributed by atoms with Gasteiger partial charge < -0.3 is 14.8 Å². The van der Waals surface area contributed by atoms with E-state index < -0.39 is 0 Å². The number of carbonyl (C=O) groups is 1. The summed E-state index contributed by atoms with van der Waals surface area (Å²) in [4.78, 5) is 28.9. The number of nitrogens with one attached hydrogen (secondary N) is 1. The van der Waals surface area contributed by atoms with Crippen LogP contribution in [-0.2, 0) is 0 Å². The van der Waals surface area contributed by atoms with Gasteiger partial charge in [0.15, 0.2) is 0 Å². The van der Waals surface area contributed by atoms with Crippen molar-refractivity contribution in [1.82, 2.24) is 19.9 Å². The fraction of sp³-hybridized carbons (Fsp3) is 0.167. The number of carbonyl (C=O) groups excluding carboxylic acids is 1. The zero-order valence-electron chi connectivity index (χ0n) is 14.6. The lowest BCUT2D eigenvalue weighted by atomic mass is 10.1. The van der Waals surface area contributed by atoms with E-state index in [9.17, 15) is 4.79 Å². The molecule has 0 unspecified atom stereocenters. The molecule has 0 spiro atoms. The van der Waals surface area contributed by atoms with Crippen molar-refractivity contribution in [2.24, 2.45) is 0 Å². The average Bonchev–Trinajstić information content (AvgIpc) is 2.69. The van der Waals surface area contributed by atoms with Crippen LogP contribution in [0.3, 0.4) is 0 Å². The molecule has 1 amide bonds. The van der Waals surface area contributed by atoms with Gasteiger partial charge in [0.1, 0.15) is 17.8 Å². The zero-order chi connectivity index (χ0) is 18.5. The molecule has 26 heavy (non-hydrogen) atoms. The van der Waals surface area contributed by atoms with Gasteiger partial charge in [0.25, 0.3) is 5.91 Å². The van der Waals surface area contributed by atoms with Gasteiger partial charge in [-0.05, 0) is 19.1 Å². The molecule has 0 saturated carbocycles. The normalized spacial score (nSPS) is 10.3. The van der Waals surface area contributed by atoms with E-state index in [2.05, 4.69) is 25.3 Å². The molecule has 0 aliphatic heterocycles. The van der Waals surface area contributed by atoms with Crippen molar-refractivity contribution in [3.05, 3.63) is 54.4 Å². The number of pyridine rings is 2. The molecule has 0 radical (unpaired) electrons. The summed E-state index contributed by atoms with van der Waals surface area (Å²) in [6.45, 7) is 1.84. The number of methoxy groups -OCH3 is 2. The van der Waals surface area contributed by atoms with E-state index >= 15 is 0 Å². The maximum absolute atomic E-state index is 12.6. The second-order valence-corrected chi connectivity index (χ2v) is 5.34. The third kappa shape index (κ3) is 3.59. The maximum atomic E-state index is 12.6. The zero-order valence-corrected chi connectivity index (χ0v) is 14.6. The van der Waals surface area contributed by atoms with Gasteiger partial charge in [0.05, 0.1) is 38.0 Å². The molecule has 8 nitrogen and oxygen atoms in total. The quantitative estimate of drug-likeness (QED) is 0.754. The molecule has 3 aromatic rings. The van der Waals surface area contributed by atoms with Crippen LogP contribution in [-0.4, -0.2) is 40.1 Å². The largest absolute Gasteiger partial charge is 0.495 e. The lowest BCUT2D eigenvalue weighted by molar-refractivity contribution is 0.102. The van der Waals surface area contributed by atoms with Crippen LogP contribution in [0.15, 0.2) is 43.1 Å². The molecule has 3 aromatic heterocycles. The summed E-state index contributed by atoms with van der Waals surface area (Å²) in [6.07, 6.45) is 6.10. The number of anilines is 1. The Morgan fingerprint density at radius 2 is 1.92 bits per heavy atom. The van der Waals surface area contributed by atoms with E-state index in [1.54, 1.807) is 43.9 Å². The third-order valence-corrected chi connectivity index (χ3v) is 3.78. The topological polar surface area (TPSA) is 99.1 Å². The van der Waals surface area contributed by atoms with Crippen LogP contribution in [0.25, 0.3) is 11.3 Å². The standard InChI is InChI=1S/C18H17N5O3/c1-11-15(8-19-9-16(11)25-2)23-18(24)14-7-13(21-10-22-14)12-4-5-20-17(6-12)26-3/h4-10H,1-3H3,(H,23,24). The number of amides is 1. The monoisotopic (exact) mass is 351 g/mol. The highest BCUT2D eigenvalue weighted by atomic mass is 16.5. The van der Waals surface area contributed by atoms with Crippen molar-refractivity contribution >= 4 is 11.6 Å². The Morgan fingerprint density at radius 1 is 1.08 bits per heavy atom.